The van der Waals surface area contributed by atoms with Gasteiger partial charge in [0, 0.05) is 6.07 Å². The van der Waals surface area contributed by atoms with Crippen molar-refractivity contribution in [3.05, 3.63) is 83.7 Å². The second-order valence-electron chi connectivity index (χ2n) is 16.1. The number of halogens is 4. The molecule has 17 heteroatoms. The summed E-state index contributed by atoms with van der Waals surface area (Å²) >= 11 is 0. The Labute approximate surface area is 332 Å². The normalized spacial score (nSPS) is 13.5. The van der Waals surface area contributed by atoms with E-state index in [1.54, 1.807) is 24.3 Å². The van der Waals surface area contributed by atoms with E-state index >= 15 is 0 Å². The Bertz CT molecular complexity index is 1710. The molecule has 0 saturated heterocycles. The van der Waals surface area contributed by atoms with Crippen molar-refractivity contribution >= 4 is 45.7 Å². The largest absolute Gasteiger partial charge is 0.573 e. The van der Waals surface area contributed by atoms with Gasteiger partial charge in [-0.15, -0.1) is 13.2 Å². The highest BCUT2D eigenvalue weighted by atomic mass is 28.5. The highest BCUT2D eigenvalue weighted by Gasteiger charge is 2.44. The lowest BCUT2D eigenvalue weighted by molar-refractivity contribution is -0.274. The summed E-state index contributed by atoms with van der Waals surface area (Å²) in [6.07, 6.45) is 2.75. The average Bonchev–Trinajstić information content (AvgIpc) is 3.03. The van der Waals surface area contributed by atoms with E-state index < -0.39 is 69.2 Å². The monoisotopic (exact) mass is 856 g/mol. The first-order valence-corrected chi connectivity index (χ1v) is 31.0. The third-order valence-electron chi connectivity index (χ3n) is 7.81. The van der Waals surface area contributed by atoms with Crippen LogP contribution in [0.15, 0.2) is 66.7 Å². The molecule has 56 heavy (non-hydrogen) atoms. The van der Waals surface area contributed by atoms with E-state index in [0.717, 1.165) is 87.4 Å². The van der Waals surface area contributed by atoms with Gasteiger partial charge in [0.25, 0.3) is 0 Å². The fourth-order valence-electron chi connectivity index (χ4n) is 6.12. The highest BCUT2D eigenvalue weighted by Crippen LogP contribution is 2.29. The SMILES string of the molecule is C[Si](C)(C)O[Si](C)(C)O[Si](C)(CCCCCCCCCOc1ccc(C(=O)Oc2ccc(C(=O)Oc3ccc(OC(F)(F)F)cc3)c(F)c2)cc1)O[Si](C)(C)C. The third kappa shape index (κ3) is 18.3. The minimum Gasteiger partial charge on any atom is -0.494 e. The van der Waals surface area contributed by atoms with E-state index in [-0.39, 0.29) is 17.1 Å². The Kier molecular flexibility index (Phi) is 17.1. The number of benzene rings is 3. The zero-order valence-corrected chi connectivity index (χ0v) is 37.9. The van der Waals surface area contributed by atoms with Gasteiger partial charge in [-0.3, -0.25) is 0 Å². The summed E-state index contributed by atoms with van der Waals surface area (Å²) in [7, 11) is -8.14. The van der Waals surface area contributed by atoms with E-state index in [0.29, 0.717) is 12.4 Å². The Hall–Kier alpha value is -3.33. The number of hydrogen-bond donors (Lipinski definition) is 0. The molecule has 0 spiro atoms. The van der Waals surface area contributed by atoms with Gasteiger partial charge in [0.15, 0.2) is 16.6 Å². The summed E-state index contributed by atoms with van der Waals surface area (Å²) in [5.41, 5.74) is -0.253. The van der Waals surface area contributed by atoms with Crippen molar-refractivity contribution in [3.63, 3.8) is 0 Å². The number of carbonyl (C=O) groups excluding carboxylic acids is 2. The lowest BCUT2D eigenvalue weighted by atomic mass is 10.1. The lowest BCUT2D eigenvalue weighted by Crippen LogP contribution is -2.56. The third-order valence-corrected chi connectivity index (χ3v) is 21.4. The molecule has 0 bridgehead atoms. The van der Waals surface area contributed by atoms with Gasteiger partial charge in [-0.05, 0) is 132 Å². The smallest absolute Gasteiger partial charge is 0.494 e. The van der Waals surface area contributed by atoms with Crippen LogP contribution in [0, 0.1) is 5.82 Å². The maximum atomic E-state index is 14.7. The van der Waals surface area contributed by atoms with Crippen LogP contribution in [0.2, 0.25) is 65.0 Å². The van der Waals surface area contributed by atoms with Gasteiger partial charge in [0.2, 0.25) is 0 Å². The van der Waals surface area contributed by atoms with Crippen LogP contribution in [0.1, 0.15) is 65.7 Å². The highest BCUT2D eigenvalue weighted by molar-refractivity contribution is 6.89. The molecule has 0 saturated carbocycles. The fraction of sp³-hybridized carbons (Fsp3) is 0.487. The van der Waals surface area contributed by atoms with E-state index in [4.69, 9.17) is 26.6 Å². The molecule has 0 N–H and O–H groups in total. The van der Waals surface area contributed by atoms with Crippen LogP contribution >= 0.6 is 0 Å². The molecule has 9 nitrogen and oxygen atoms in total. The maximum absolute atomic E-state index is 14.7. The van der Waals surface area contributed by atoms with E-state index in [1.165, 1.54) is 6.07 Å². The molecule has 0 heterocycles. The first kappa shape index (κ1) is 47.0. The Balaban J connectivity index is 1.35. The molecule has 0 amide bonds. The van der Waals surface area contributed by atoms with Gasteiger partial charge in [-0.1, -0.05) is 38.5 Å². The van der Waals surface area contributed by atoms with Gasteiger partial charge < -0.3 is 31.3 Å². The molecule has 310 valence electrons. The quantitative estimate of drug-likeness (QED) is 0.0321. The molecule has 3 rings (SSSR count). The van der Waals surface area contributed by atoms with Crippen molar-refractivity contribution in [1.82, 2.24) is 0 Å². The van der Waals surface area contributed by atoms with Gasteiger partial charge in [0.05, 0.1) is 17.7 Å². The van der Waals surface area contributed by atoms with Crippen LogP contribution in [0.25, 0.3) is 0 Å². The second-order valence-corrected chi connectivity index (χ2v) is 32.6. The van der Waals surface area contributed by atoms with Crippen molar-refractivity contribution in [3.8, 4) is 23.0 Å². The van der Waals surface area contributed by atoms with Crippen molar-refractivity contribution < 1.29 is 58.4 Å². The number of hydrogen-bond acceptors (Lipinski definition) is 9. The molecular formula is C39H56F4O9Si4. The molecule has 3 aromatic rings. The lowest BCUT2D eigenvalue weighted by Gasteiger charge is -2.41. The van der Waals surface area contributed by atoms with E-state index in [2.05, 4.69) is 63.7 Å². The molecule has 0 aliphatic carbocycles. The second kappa shape index (κ2) is 20.4. The summed E-state index contributed by atoms with van der Waals surface area (Å²) in [5, 5.41) is 0. The zero-order chi connectivity index (χ0) is 41.8. The van der Waals surface area contributed by atoms with Crippen molar-refractivity contribution in [2.45, 2.75) is 116 Å². The minimum atomic E-state index is -4.87. The summed E-state index contributed by atoms with van der Waals surface area (Å²) < 4.78 is 91.7. The average molecular weight is 857 g/mol. The van der Waals surface area contributed by atoms with Crippen LogP contribution < -0.4 is 18.9 Å². The number of carbonyl (C=O) groups is 2. The standard InChI is InChI=1S/C39H56F4O9Si4/c1-53(2,3)50-55(7,8)52-56(9,51-54(4,5)6)28-16-14-12-10-11-13-15-27-46-31-19-17-30(18-20-31)37(44)48-34-25-26-35(36(40)29-34)38(45)47-32-21-23-33(24-22-32)49-39(41,42)43/h17-26,29H,10-16,27-28H2,1-9H3. The number of alkyl halides is 3. The maximum Gasteiger partial charge on any atom is 0.573 e. The molecular weight excluding hydrogens is 801 g/mol. The Morgan fingerprint density at radius 3 is 1.62 bits per heavy atom. The molecule has 1 atom stereocenters. The van der Waals surface area contributed by atoms with Gasteiger partial charge in [0.1, 0.15) is 28.8 Å². The number of unbranched alkanes of at least 4 members (excludes halogenated alkanes) is 6. The Morgan fingerprint density at radius 1 is 0.571 bits per heavy atom. The molecule has 3 aromatic carbocycles. The molecule has 0 aliphatic rings. The number of esters is 2. The van der Waals surface area contributed by atoms with Crippen molar-refractivity contribution in [2.75, 3.05) is 6.61 Å². The predicted octanol–water partition coefficient (Wildman–Crippen LogP) is 11.8. The fourth-order valence-corrected chi connectivity index (χ4v) is 24.2. The first-order chi connectivity index (χ1) is 25.9. The molecule has 0 aromatic heterocycles. The first-order valence-electron chi connectivity index (χ1n) is 18.8. The van der Waals surface area contributed by atoms with Crippen LogP contribution in [0.5, 0.6) is 23.0 Å². The molecule has 0 fully saturated rings. The van der Waals surface area contributed by atoms with E-state index in [9.17, 15) is 27.2 Å². The van der Waals surface area contributed by atoms with E-state index in [1.807, 2.05) is 0 Å². The molecule has 0 aliphatic heterocycles. The molecule has 1 unspecified atom stereocenters. The van der Waals surface area contributed by atoms with Crippen molar-refractivity contribution in [1.29, 1.82) is 0 Å². The van der Waals surface area contributed by atoms with Gasteiger partial charge >= 0.3 is 35.4 Å². The summed E-state index contributed by atoms with van der Waals surface area (Å²) in [5.74, 6) is -3.03. The number of ether oxygens (including phenoxy) is 4. The van der Waals surface area contributed by atoms with Crippen LogP contribution in [0.3, 0.4) is 0 Å². The van der Waals surface area contributed by atoms with Gasteiger partial charge in [-0.2, -0.15) is 0 Å². The molecule has 0 radical (unpaired) electrons. The Morgan fingerprint density at radius 2 is 1.07 bits per heavy atom. The van der Waals surface area contributed by atoms with Crippen molar-refractivity contribution in [2.24, 2.45) is 0 Å². The van der Waals surface area contributed by atoms with Gasteiger partial charge in [-0.25, -0.2) is 14.0 Å². The van der Waals surface area contributed by atoms with Crippen LogP contribution in [-0.2, 0) is 12.3 Å². The number of rotatable bonds is 22. The zero-order valence-electron chi connectivity index (χ0n) is 33.9. The predicted molar refractivity (Wildman–Crippen MR) is 218 cm³/mol. The van der Waals surface area contributed by atoms with Crippen LogP contribution in [0.4, 0.5) is 17.6 Å². The minimum absolute atomic E-state index is 0.127. The topological polar surface area (TPSA) is 98.8 Å². The summed E-state index contributed by atoms with van der Waals surface area (Å²) in [6.45, 7) is 20.4. The van der Waals surface area contributed by atoms with Crippen LogP contribution in [-0.4, -0.2) is 58.7 Å². The summed E-state index contributed by atoms with van der Waals surface area (Å²) in [4.78, 5) is 25.1. The summed E-state index contributed by atoms with van der Waals surface area (Å²) in [6, 6.07) is 14.6.